The third-order valence-electron chi connectivity index (χ3n) is 5.55. The van der Waals surface area contributed by atoms with Crippen molar-refractivity contribution in [3.8, 4) is 11.5 Å². The minimum Gasteiger partial charge on any atom is -0.411 e. The number of hydrogen-bond acceptors (Lipinski definition) is 9. The van der Waals surface area contributed by atoms with Crippen LogP contribution in [0.3, 0.4) is 0 Å². The highest BCUT2D eigenvalue weighted by Gasteiger charge is 2.26. The molecule has 8 nitrogen and oxygen atoms in total. The van der Waals surface area contributed by atoms with Crippen LogP contribution >= 0.6 is 23.1 Å². The average Bonchev–Trinajstić information content (AvgIpc) is 3.39. The minimum absolute atomic E-state index is 0.242. The first kappa shape index (κ1) is 21.5. The Bertz CT molecular complexity index is 1390. The van der Waals surface area contributed by atoms with Gasteiger partial charge in [-0.3, -0.25) is 0 Å². The van der Waals surface area contributed by atoms with Crippen LogP contribution in [0.2, 0.25) is 0 Å². The maximum atomic E-state index is 13.0. The predicted molar refractivity (Wildman–Crippen MR) is 123 cm³/mol. The molecule has 32 heavy (non-hydrogen) atoms. The minimum atomic E-state index is -3.54. The maximum Gasteiger partial charge on any atom is 0.283 e. The fourth-order valence-electron chi connectivity index (χ4n) is 3.72. The Hall–Kier alpha value is -2.34. The zero-order chi connectivity index (χ0) is 22.3. The second-order valence-corrected chi connectivity index (χ2v) is 11.7. The molecule has 0 unspecified atom stereocenters. The molecule has 0 aliphatic carbocycles. The van der Waals surface area contributed by atoms with Gasteiger partial charge in [-0.05, 0) is 62.2 Å². The predicted octanol–water partition coefficient (Wildman–Crippen LogP) is 4.68. The van der Waals surface area contributed by atoms with Crippen molar-refractivity contribution < 1.29 is 12.8 Å². The van der Waals surface area contributed by atoms with Crippen molar-refractivity contribution in [2.24, 2.45) is 0 Å². The molecule has 11 heteroatoms. The van der Waals surface area contributed by atoms with Crippen molar-refractivity contribution in [1.82, 2.24) is 24.5 Å². The molecule has 0 amide bonds. The van der Waals surface area contributed by atoms with E-state index >= 15 is 0 Å². The molecule has 1 aromatic carbocycles. The Labute approximate surface area is 194 Å². The quantitative estimate of drug-likeness (QED) is 0.374. The Morgan fingerprint density at radius 2 is 1.91 bits per heavy atom. The van der Waals surface area contributed by atoms with Gasteiger partial charge >= 0.3 is 0 Å². The average molecular weight is 488 g/mol. The number of sulfonamides is 1. The molecule has 0 atom stereocenters. The van der Waals surface area contributed by atoms with E-state index in [1.807, 2.05) is 0 Å². The summed E-state index contributed by atoms with van der Waals surface area (Å²) in [6.07, 6.45) is 4.38. The van der Waals surface area contributed by atoms with Crippen molar-refractivity contribution >= 4 is 43.3 Å². The molecular weight excluding hydrogens is 466 g/mol. The third kappa shape index (κ3) is 3.94. The van der Waals surface area contributed by atoms with E-state index in [4.69, 9.17) is 4.42 Å². The van der Waals surface area contributed by atoms with Gasteiger partial charge < -0.3 is 4.42 Å². The van der Waals surface area contributed by atoms with Gasteiger partial charge in [0.2, 0.25) is 15.9 Å². The standard InChI is InChI=1S/C21H21N5O3S3/c1-13-14(2)30-19-17(13)20(23-12-22-19)31-21-25-24-18(29-21)15-7-6-8-16(11-15)32(27,28)26-9-4-3-5-10-26/h6-8,11-12H,3-5,9-10H2,1-2H3. The number of nitrogens with zero attached hydrogens (tertiary/aromatic N) is 5. The van der Waals surface area contributed by atoms with Crippen molar-refractivity contribution in [3.05, 3.63) is 41.0 Å². The van der Waals surface area contributed by atoms with Crippen LogP contribution < -0.4 is 0 Å². The lowest BCUT2D eigenvalue weighted by Crippen LogP contribution is -2.35. The number of aromatic nitrogens is 4. The molecule has 0 N–H and O–H groups in total. The fourth-order valence-corrected chi connectivity index (χ4v) is 7.17. The summed E-state index contributed by atoms with van der Waals surface area (Å²) in [5.74, 6) is 0.270. The molecular formula is C21H21N5O3S3. The van der Waals surface area contributed by atoms with E-state index in [2.05, 4.69) is 34.0 Å². The van der Waals surface area contributed by atoms with Gasteiger partial charge in [0, 0.05) is 28.9 Å². The van der Waals surface area contributed by atoms with Crippen LogP contribution in [-0.4, -0.2) is 46.0 Å². The normalized spacial score (nSPS) is 15.4. The summed E-state index contributed by atoms with van der Waals surface area (Å²) in [6, 6.07) is 6.68. The van der Waals surface area contributed by atoms with E-state index < -0.39 is 10.0 Å². The van der Waals surface area contributed by atoms with E-state index in [1.165, 1.54) is 23.0 Å². The van der Waals surface area contributed by atoms with E-state index in [0.29, 0.717) is 23.9 Å². The van der Waals surface area contributed by atoms with Crippen LogP contribution in [0.4, 0.5) is 0 Å². The number of hydrogen-bond donors (Lipinski definition) is 0. The number of piperidine rings is 1. The molecule has 0 spiro atoms. The summed E-state index contributed by atoms with van der Waals surface area (Å²) in [5.41, 5.74) is 1.71. The first-order chi connectivity index (χ1) is 15.4. The van der Waals surface area contributed by atoms with Crippen LogP contribution in [0.25, 0.3) is 21.7 Å². The summed E-state index contributed by atoms with van der Waals surface area (Å²) in [5, 5.41) is 10.4. The lowest BCUT2D eigenvalue weighted by atomic mass is 10.2. The molecule has 1 aliphatic heterocycles. The van der Waals surface area contributed by atoms with Crippen LogP contribution in [0, 0.1) is 13.8 Å². The lowest BCUT2D eigenvalue weighted by molar-refractivity contribution is 0.346. The van der Waals surface area contributed by atoms with Crippen molar-refractivity contribution in [3.63, 3.8) is 0 Å². The Morgan fingerprint density at radius 3 is 2.72 bits per heavy atom. The highest BCUT2D eigenvalue weighted by molar-refractivity contribution is 7.99. The molecule has 4 heterocycles. The SMILES string of the molecule is Cc1sc2ncnc(Sc3nnc(-c4cccc(S(=O)(=O)N5CCCCC5)c4)o3)c2c1C. The van der Waals surface area contributed by atoms with Gasteiger partial charge in [-0.25, -0.2) is 18.4 Å². The fraction of sp³-hybridized carbons (Fsp3) is 0.333. The smallest absolute Gasteiger partial charge is 0.283 e. The number of thiophene rings is 1. The van der Waals surface area contributed by atoms with Gasteiger partial charge in [0.25, 0.3) is 5.22 Å². The Kier molecular flexibility index (Phi) is 5.74. The molecule has 4 aromatic rings. The molecule has 0 bridgehead atoms. The molecule has 166 valence electrons. The second kappa shape index (κ2) is 8.54. The van der Waals surface area contributed by atoms with E-state index in [0.717, 1.165) is 40.1 Å². The molecule has 1 saturated heterocycles. The van der Waals surface area contributed by atoms with Gasteiger partial charge in [-0.15, -0.1) is 21.5 Å². The molecule has 5 rings (SSSR count). The van der Waals surface area contributed by atoms with E-state index in [-0.39, 0.29) is 10.8 Å². The van der Waals surface area contributed by atoms with Crippen molar-refractivity contribution in [2.45, 2.75) is 48.3 Å². The van der Waals surface area contributed by atoms with Gasteiger partial charge in [0.1, 0.15) is 16.2 Å². The summed E-state index contributed by atoms with van der Waals surface area (Å²) < 4.78 is 33.4. The Morgan fingerprint density at radius 1 is 1.09 bits per heavy atom. The Balaban J connectivity index is 1.43. The van der Waals surface area contributed by atoms with E-state index in [1.54, 1.807) is 39.9 Å². The maximum absolute atomic E-state index is 13.0. The van der Waals surface area contributed by atoms with Crippen LogP contribution in [0.5, 0.6) is 0 Å². The topological polar surface area (TPSA) is 102 Å². The summed E-state index contributed by atoms with van der Waals surface area (Å²) in [6.45, 7) is 5.23. The molecule has 1 aliphatic rings. The van der Waals surface area contributed by atoms with Gasteiger partial charge in [0.05, 0.1) is 4.90 Å². The first-order valence-electron chi connectivity index (χ1n) is 10.3. The summed E-state index contributed by atoms with van der Waals surface area (Å²) in [4.78, 5) is 11.1. The molecule has 0 saturated carbocycles. The zero-order valence-electron chi connectivity index (χ0n) is 17.6. The van der Waals surface area contributed by atoms with Gasteiger partial charge in [-0.2, -0.15) is 4.31 Å². The molecule has 3 aromatic heterocycles. The summed E-state index contributed by atoms with van der Waals surface area (Å²) >= 11 is 2.91. The van der Waals surface area contributed by atoms with Crippen LogP contribution in [0.1, 0.15) is 29.7 Å². The first-order valence-corrected chi connectivity index (χ1v) is 13.3. The van der Waals surface area contributed by atoms with Crippen molar-refractivity contribution in [1.29, 1.82) is 0 Å². The number of rotatable bonds is 5. The summed E-state index contributed by atoms with van der Waals surface area (Å²) in [7, 11) is -3.54. The van der Waals surface area contributed by atoms with E-state index in [9.17, 15) is 8.42 Å². The molecule has 1 fully saturated rings. The number of aryl methyl sites for hydroxylation is 2. The van der Waals surface area contributed by atoms with Gasteiger partial charge in [-0.1, -0.05) is 12.5 Å². The van der Waals surface area contributed by atoms with Gasteiger partial charge in [0.15, 0.2) is 0 Å². The largest absolute Gasteiger partial charge is 0.411 e. The second-order valence-electron chi connectivity index (χ2n) is 7.61. The lowest BCUT2D eigenvalue weighted by Gasteiger charge is -2.25. The van der Waals surface area contributed by atoms with Crippen LogP contribution in [-0.2, 0) is 10.0 Å². The monoisotopic (exact) mass is 487 g/mol. The van der Waals surface area contributed by atoms with Crippen molar-refractivity contribution in [2.75, 3.05) is 13.1 Å². The number of fused-ring (bicyclic) bond motifs is 1. The molecule has 0 radical (unpaired) electrons. The third-order valence-corrected chi connectivity index (χ3v) is 9.41. The highest BCUT2D eigenvalue weighted by Crippen LogP contribution is 2.37. The van der Waals surface area contributed by atoms with Crippen LogP contribution in [0.15, 0.2) is 50.2 Å². The highest BCUT2D eigenvalue weighted by atomic mass is 32.2. The number of benzene rings is 1. The zero-order valence-corrected chi connectivity index (χ0v) is 20.1.